The first-order valence-corrected chi connectivity index (χ1v) is 6.74. The third kappa shape index (κ3) is 2.55. The van der Waals surface area contributed by atoms with Gasteiger partial charge in [0.1, 0.15) is 5.82 Å². The van der Waals surface area contributed by atoms with Crippen LogP contribution in [0.5, 0.6) is 0 Å². The van der Waals surface area contributed by atoms with Crippen LogP contribution in [-0.4, -0.2) is 12.5 Å². The molecule has 1 aromatic rings. The molecule has 96 valence electrons. The maximum atomic E-state index is 13.0. The van der Waals surface area contributed by atoms with E-state index in [0.717, 1.165) is 30.2 Å². The van der Waals surface area contributed by atoms with Crippen LogP contribution in [0.25, 0.3) is 0 Å². The van der Waals surface area contributed by atoms with Crippen molar-refractivity contribution in [3.8, 4) is 0 Å². The number of halogens is 1. The molecule has 1 aromatic carbocycles. The SMILES string of the molecule is O=C(NCCc1cccc(F)c1)C1CC2CC2C1. The molecule has 0 aromatic heterocycles. The van der Waals surface area contributed by atoms with Crippen LogP contribution in [0, 0.1) is 23.6 Å². The fraction of sp³-hybridized carbons (Fsp3) is 0.533. The minimum absolute atomic E-state index is 0.193. The summed E-state index contributed by atoms with van der Waals surface area (Å²) in [5, 5.41) is 2.97. The van der Waals surface area contributed by atoms with Gasteiger partial charge in [-0.2, -0.15) is 0 Å². The van der Waals surface area contributed by atoms with Crippen molar-refractivity contribution in [2.24, 2.45) is 17.8 Å². The summed E-state index contributed by atoms with van der Waals surface area (Å²) in [5.41, 5.74) is 0.935. The van der Waals surface area contributed by atoms with Gasteiger partial charge in [0, 0.05) is 12.5 Å². The van der Waals surface area contributed by atoms with Crippen LogP contribution >= 0.6 is 0 Å². The fourth-order valence-corrected chi connectivity index (χ4v) is 3.10. The Balaban J connectivity index is 1.43. The average molecular weight is 247 g/mol. The van der Waals surface area contributed by atoms with Crippen molar-refractivity contribution in [3.63, 3.8) is 0 Å². The second kappa shape index (κ2) is 4.71. The Morgan fingerprint density at radius 2 is 2.06 bits per heavy atom. The maximum Gasteiger partial charge on any atom is 0.223 e. The highest BCUT2D eigenvalue weighted by Crippen LogP contribution is 2.54. The minimum atomic E-state index is -0.213. The molecule has 2 unspecified atom stereocenters. The van der Waals surface area contributed by atoms with Crippen LogP contribution in [0.2, 0.25) is 0 Å². The Bertz CT molecular complexity index is 450. The third-order valence-corrected chi connectivity index (χ3v) is 4.22. The molecule has 2 saturated carbocycles. The van der Waals surface area contributed by atoms with Gasteiger partial charge in [-0.15, -0.1) is 0 Å². The topological polar surface area (TPSA) is 29.1 Å². The molecule has 1 N–H and O–H groups in total. The first kappa shape index (κ1) is 11.7. The number of carbonyl (C=O) groups is 1. The first-order chi connectivity index (χ1) is 8.72. The van der Waals surface area contributed by atoms with Gasteiger partial charge in [0.15, 0.2) is 0 Å². The Kier molecular flexibility index (Phi) is 3.06. The van der Waals surface area contributed by atoms with Gasteiger partial charge >= 0.3 is 0 Å². The van der Waals surface area contributed by atoms with E-state index >= 15 is 0 Å². The highest BCUT2D eigenvalue weighted by molar-refractivity contribution is 5.79. The number of fused-ring (bicyclic) bond motifs is 1. The van der Waals surface area contributed by atoms with Crippen molar-refractivity contribution in [2.75, 3.05) is 6.54 Å². The van der Waals surface area contributed by atoms with Crippen LogP contribution < -0.4 is 5.32 Å². The molecule has 3 heteroatoms. The molecule has 2 aliphatic carbocycles. The monoisotopic (exact) mass is 247 g/mol. The van der Waals surface area contributed by atoms with E-state index in [2.05, 4.69) is 5.32 Å². The van der Waals surface area contributed by atoms with Crippen molar-refractivity contribution in [3.05, 3.63) is 35.6 Å². The summed E-state index contributed by atoms with van der Waals surface area (Å²) in [6, 6.07) is 6.56. The normalized spacial score (nSPS) is 28.8. The van der Waals surface area contributed by atoms with Gasteiger partial charge in [-0.05, 0) is 55.2 Å². The van der Waals surface area contributed by atoms with E-state index in [0.29, 0.717) is 13.0 Å². The Hall–Kier alpha value is -1.38. The van der Waals surface area contributed by atoms with E-state index in [1.165, 1.54) is 18.6 Å². The summed E-state index contributed by atoms with van der Waals surface area (Å²) in [5.74, 6) is 1.89. The molecular weight excluding hydrogens is 229 g/mol. The lowest BCUT2D eigenvalue weighted by Gasteiger charge is -2.12. The molecule has 0 spiro atoms. The fourth-order valence-electron chi connectivity index (χ4n) is 3.10. The minimum Gasteiger partial charge on any atom is -0.356 e. The summed E-state index contributed by atoms with van der Waals surface area (Å²) < 4.78 is 13.0. The van der Waals surface area contributed by atoms with Crippen LogP contribution in [0.4, 0.5) is 4.39 Å². The highest BCUT2D eigenvalue weighted by atomic mass is 19.1. The number of rotatable bonds is 4. The zero-order valence-corrected chi connectivity index (χ0v) is 10.4. The molecule has 0 aliphatic heterocycles. The molecule has 2 atom stereocenters. The molecule has 1 amide bonds. The third-order valence-electron chi connectivity index (χ3n) is 4.22. The number of hydrogen-bond acceptors (Lipinski definition) is 1. The quantitative estimate of drug-likeness (QED) is 0.870. The standard InChI is InChI=1S/C15H18FNO/c16-14-3-1-2-10(6-14)4-5-17-15(18)13-8-11-7-12(11)9-13/h1-3,6,11-13H,4-5,7-9H2,(H,17,18). The summed E-state index contributed by atoms with van der Waals surface area (Å²) in [6.07, 6.45) is 4.20. The number of nitrogens with one attached hydrogen (secondary N) is 1. The predicted molar refractivity (Wildman–Crippen MR) is 67.4 cm³/mol. The van der Waals surface area contributed by atoms with Crippen molar-refractivity contribution in [1.29, 1.82) is 0 Å². The van der Waals surface area contributed by atoms with Crippen molar-refractivity contribution in [2.45, 2.75) is 25.7 Å². The number of carbonyl (C=O) groups excluding carboxylic acids is 1. The molecule has 0 bridgehead atoms. The smallest absolute Gasteiger partial charge is 0.223 e. The molecule has 2 nitrogen and oxygen atoms in total. The van der Waals surface area contributed by atoms with E-state index in [1.54, 1.807) is 6.07 Å². The van der Waals surface area contributed by atoms with E-state index in [-0.39, 0.29) is 17.6 Å². The maximum absolute atomic E-state index is 13.0. The van der Waals surface area contributed by atoms with Crippen LogP contribution in [0.3, 0.4) is 0 Å². The van der Waals surface area contributed by atoms with Crippen LogP contribution in [-0.2, 0) is 11.2 Å². The number of hydrogen-bond donors (Lipinski definition) is 1. The summed E-state index contributed by atoms with van der Waals surface area (Å²) >= 11 is 0. The average Bonchev–Trinajstić information content (AvgIpc) is 2.96. The van der Waals surface area contributed by atoms with Gasteiger partial charge < -0.3 is 5.32 Å². The molecule has 0 saturated heterocycles. The highest BCUT2D eigenvalue weighted by Gasteiger charge is 2.47. The van der Waals surface area contributed by atoms with Gasteiger partial charge in [0.2, 0.25) is 5.91 Å². The second-order valence-corrected chi connectivity index (χ2v) is 5.60. The molecule has 3 rings (SSSR count). The molecule has 0 radical (unpaired) electrons. The molecule has 2 aliphatic rings. The molecule has 18 heavy (non-hydrogen) atoms. The lowest BCUT2D eigenvalue weighted by Crippen LogP contribution is -2.31. The van der Waals surface area contributed by atoms with Crippen LogP contribution in [0.1, 0.15) is 24.8 Å². The molecular formula is C15H18FNO. The van der Waals surface area contributed by atoms with E-state index < -0.39 is 0 Å². The largest absolute Gasteiger partial charge is 0.356 e. The first-order valence-electron chi connectivity index (χ1n) is 6.74. The molecule has 2 fully saturated rings. The summed E-state index contributed by atoms with van der Waals surface area (Å²) in [7, 11) is 0. The van der Waals surface area contributed by atoms with Crippen molar-refractivity contribution in [1.82, 2.24) is 5.32 Å². The van der Waals surface area contributed by atoms with Crippen molar-refractivity contribution >= 4 is 5.91 Å². The second-order valence-electron chi connectivity index (χ2n) is 5.60. The summed E-state index contributed by atoms with van der Waals surface area (Å²) in [4.78, 5) is 11.9. The Labute approximate surface area is 107 Å². The van der Waals surface area contributed by atoms with E-state index in [9.17, 15) is 9.18 Å². The van der Waals surface area contributed by atoms with E-state index in [4.69, 9.17) is 0 Å². The lowest BCUT2D eigenvalue weighted by atomic mass is 10.0. The summed E-state index contributed by atoms with van der Waals surface area (Å²) in [6.45, 7) is 0.605. The van der Waals surface area contributed by atoms with Gasteiger partial charge in [0.25, 0.3) is 0 Å². The number of amides is 1. The van der Waals surface area contributed by atoms with Gasteiger partial charge in [-0.25, -0.2) is 4.39 Å². The van der Waals surface area contributed by atoms with E-state index in [1.807, 2.05) is 6.07 Å². The predicted octanol–water partition coefficient (Wildman–Crippen LogP) is 2.53. The Morgan fingerprint density at radius 1 is 1.28 bits per heavy atom. The van der Waals surface area contributed by atoms with Crippen LogP contribution in [0.15, 0.2) is 24.3 Å². The van der Waals surface area contributed by atoms with Gasteiger partial charge in [0.05, 0.1) is 0 Å². The number of benzene rings is 1. The van der Waals surface area contributed by atoms with Crippen molar-refractivity contribution < 1.29 is 9.18 Å². The van der Waals surface area contributed by atoms with Gasteiger partial charge in [-0.1, -0.05) is 12.1 Å². The Morgan fingerprint density at radius 3 is 2.78 bits per heavy atom. The lowest BCUT2D eigenvalue weighted by molar-refractivity contribution is -0.125. The van der Waals surface area contributed by atoms with Gasteiger partial charge in [-0.3, -0.25) is 4.79 Å². The zero-order valence-electron chi connectivity index (χ0n) is 10.4. The molecule has 0 heterocycles. The zero-order chi connectivity index (χ0) is 12.5.